The second-order valence-corrected chi connectivity index (χ2v) is 6.18. The van der Waals surface area contributed by atoms with E-state index in [9.17, 15) is 9.18 Å². The highest BCUT2D eigenvalue weighted by molar-refractivity contribution is 9.10. The molecule has 3 rings (SSSR count). The van der Waals surface area contributed by atoms with Crippen LogP contribution in [-0.4, -0.2) is 20.7 Å². The average Bonchev–Trinajstić information content (AvgIpc) is 3.07. The summed E-state index contributed by atoms with van der Waals surface area (Å²) in [7, 11) is 1.69. The van der Waals surface area contributed by atoms with Gasteiger partial charge >= 0.3 is 0 Å². The van der Waals surface area contributed by atoms with Crippen LogP contribution in [0.15, 0.2) is 40.3 Å². The van der Waals surface area contributed by atoms with E-state index in [-0.39, 0.29) is 11.7 Å². The molecular formula is C14H10BrFN4OS. The van der Waals surface area contributed by atoms with Crippen molar-refractivity contribution in [3.63, 3.8) is 0 Å². The molecule has 0 atom stereocenters. The second kappa shape index (κ2) is 5.98. The molecule has 0 aliphatic heterocycles. The number of halogens is 2. The zero-order valence-corrected chi connectivity index (χ0v) is 13.8. The molecule has 22 heavy (non-hydrogen) atoms. The van der Waals surface area contributed by atoms with Gasteiger partial charge in [-0.3, -0.25) is 14.8 Å². The molecular weight excluding hydrogens is 371 g/mol. The van der Waals surface area contributed by atoms with Crippen LogP contribution in [0.3, 0.4) is 0 Å². The second-order valence-electron chi connectivity index (χ2n) is 4.46. The Morgan fingerprint density at radius 3 is 2.73 bits per heavy atom. The monoisotopic (exact) mass is 380 g/mol. The van der Waals surface area contributed by atoms with E-state index in [2.05, 4.69) is 31.3 Å². The molecule has 1 aromatic carbocycles. The topological polar surface area (TPSA) is 59.8 Å². The molecule has 8 heteroatoms. The van der Waals surface area contributed by atoms with Crippen LogP contribution in [0, 0.1) is 5.82 Å². The Hall–Kier alpha value is -2.06. The van der Waals surface area contributed by atoms with Gasteiger partial charge in [-0.2, -0.15) is 5.10 Å². The fraction of sp³-hybridized carbons (Fsp3) is 0.0714. The van der Waals surface area contributed by atoms with Gasteiger partial charge in [0.25, 0.3) is 5.91 Å². The van der Waals surface area contributed by atoms with E-state index in [1.807, 2.05) is 0 Å². The number of amides is 1. The predicted octanol–water partition coefficient (Wildman–Crippen LogP) is 3.70. The lowest BCUT2D eigenvalue weighted by Gasteiger charge is -2.02. The van der Waals surface area contributed by atoms with Crippen LogP contribution in [0.25, 0.3) is 11.3 Å². The number of hydrogen-bond acceptors (Lipinski definition) is 4. The largest absolute Gasteiger partial charge is 0.296 e. The maximum Gasteiger partial charge on any atom is 0.276 e. The molecule has 0 aliphatic rings. The number of hydrogen-bond donors (Lipinski definition) is 1. The minimum Gasteiger partial charge on any atom is -0.296 e. The minimum atomic E-state index is -0.299. The maximum atomic E-state index is 12.9. The molecule has 112 valence electrons. The number of thiazole rings is 1. The van der Waals surface area contributed by atoms with Gasteiger partial charge in [-0.15, -0.1) is 11.3 Å². The van der Waals surface area contributed by atoms with Gasteiger partial charge in [0.15, 0.2) is 5.13 Å². The molecule has 2 aromatic heterocycles. The number of anilines is 1. The Morgan fingerprint density at radius 2 is 2.09 bits per heavy atom. The van der Waals surface area contributed by atoms with Crippen molar-refractivity contribution < 1.29 is 9.18 Å². The molecule has 5 nitrogen and oxygen atoms in total. The molecule has 2 heterocycles. The third-order valence-electron chi connectivity index (χ3n) is 2.97. The summed E-state index contributed by atoms with van der Waals surface area (Å²) in [6.07, 6.45) is 1.56. The molecule has 0 radical (unpaired) electrons. The van der Waals surface area contributed by atoms with E-state index < -0.39 is 0 Å². The Bertz CT molecular complexity index is 808. The Kier molecular flexibility index (Phi) is 4.04. The number of nitrogens with one attached hydrogen (secondary N) is 1. The van der Waals surface area contributed by atoms with Crippen LogP contribution in [0.4, 0.5) is 9.52 Å². The quantitative estimate of drug-likeness (QED) is 0.753. The van der Waals surface area contributed by atoms with Crippen molar-refractivity contribution in [1.82, 2.24) is 14.8 Å². The van der Waals surface area contributed by atoms with E-state index in [1.54, 1.807) is 30.8 Å². The molecule has 0 bridgehead atoms. The van der Waals surface area contributed by atoms with E-state index >= 15 is 0 Å². The number of aromatic nitrogens is 3. The third kappa shape index (κ3) is 2.93. The highest BCUT2D eigenvalue weighted by Crippen LogP contribution is 2.26. The molecule has 0 saturated carbocycles. The highest BCUT2D eigenvalue weighted by Gasteiger charge is 2.17. The van der Waals surface area contributed by atoms with Crippen LogP contribution in [0.2, 0.25) is 0 Å². The first-order valence-corrected chi connectivity index (χ1v) is 7.92. The third-order valence-corrected chi connectivity index (χ3v) is 4.31. The Balaban J connectivity index is 1.80. The predicted molar refractivity (Wildman–Crippen MR) is 86.4 cm³/mol. The standard InChI is InChI=1S/C14H10BrFN4OS/c1-20-12(10(15)6-17-20)13(21)19-14-18-11(7-22-14)8-2-4-9(16)5-3-8/h2-7H,1H3,(H,18,19,21). The summed E-state index contributed by atoms with van der Waals surface area (Å²) >= 11 is 4.59. The number of aryl methyl sites for hydroxylation is 1. The zero-order valence-electron chi connectivity index (χ0n) is 11.4. The summed E-state index contributed by atoms with van der Waals surface area (Å²) in [4.78, 5) is 16.6. The molecule has 0 saturated heterocycles. The van der Waals surface area contributed by atoms with E-state index in [1.165, 1.54) is 28.2 Å². The van der Waals surface area contributed by atoms with Crippen molar-refractivity contribution >= 4 is 38.3 Å². The summed E-state index contributed by atoms with van der Waals surface area (Å²) in [5.41, 5.74) is 1.89. The summed E-state index contributed by atoms with van der Waals surface area (Å²) in [5.74, 6) is -0.597. The van der Waals surface area contributed by atoms with Crippen molar-refractivity contribution in [1.29, 1.82) is 0 Å². The molecule has 0 fully saturated rings. The molecule has 1 amide bonds. The molecule has 3 aromatic rings. The molecule has 1 N–H and O–H groups in total. The number of carbonyl (C=O) groups excluding carboxylic acids is 1. The van der Waals surface area contributed by atoms with Crippen LogP contribution >= 0.6 is 27.3 Å². The minimum absolute atomic E-state index is 0.298. The smallest absolute Gasteiger partial charge is 0.276 e. The Labute approximate surface area is 137 Å². The maximum absolute atomic E-state index is 12.9. The first kappa shape index (κ1) is 14.9. The van der Waals surface area contributed by atoms with E-state index in [4.69, 9.17) is 0 Å². The van der Waals surface area contributed by atoms with Crippen LogP contribution in [0.5, 0.6) is 0 Å². The van der Waals surface area contributed by atoms with Crippen LogP contribution in [-0.2, 0) is 7.05 Å². The van der Waals surface area contributed by atoms with Crippen LogP contribution < -0.4 is 5.32 Å². The van der Waals surface area contributed by atoms with Gasteiger partial charge < -0.3 is 0 Å². The van der Waals surface area contributed by atoms with Gasteiger partial charge in [0.05, 0.1) is 16.4 Å². The van der Waals surface area contributed by atoms with Crippen LogP contribution in [0.1, 0.15) is 10.5 Å². The van der Waals surface area contributed by atoms with Gasteiger partial charge in [-0.05, 0) is 40.2 Å². The average molecular weight is 381 g/mol. The van der Waals surface area contributed by atoms with Crippen molar-refractivity contribution in [3.05, 3.63) is 51.8 Å². The summed E-state index contributed by atoms with van der Waals surface area (Å²) < 4.78 is 15.0. The summed E-state index contributed by atoms with van der Waals surface area (Å²) in [5, 5.41) is 9.00. The molecule has 0 aliphatic carbocycles. The van der Waals surface area contributed by atoms with Crippen molar-refractivity contribution in [3.8, 4) is 11.3 Å². The normalized spacial score (nSPS) is 10.7. The van der Waals surface area contributed by atoms with E-state index in [0.717, 1.165) is 5.56 Å². The number of benzene rings is 1. The van der Waals surface area contributed by atoms with Crippen molar-refractivity contribution in [2.24, 2.45) is 7.05 Å². The van der Waals surface area contributed by atoms with Crippen molar-refractivity contribution in [2.45, 2.75) is 0 Å². The lowest BCUT2D eigenvalue weighted by Crippen LogP contribution is -2.16. The first-order chi connectivity index (χ1) is 10.5. The van der Waals surface area contributed by atoms with Gasteiger partial charge in [-0.25, -0.2) is 9.37 Å². The lowest BCUT2D eigenvalue weighted by atomic mass is 10.2. The summed E-state index contributed by atoms with van der Waals surface area (Å²) in [6.45, 7) is 0. The number of nitrogens with zero attached hydrogens (tertiary/aromatic N) is 3. The summed E-state index contributed by atoms with van der Waals surface area (Å²) in [6, 6.07) is 6.04. The zero-order chi connectivity index (χ0) is 15.7. The first-order valence-electron chi connectivity index (χ1n) is 6.25. The van der Waals surface area contributed by atoms with E-state index in [0.29, 0.717) is 21.0 Å². The van der Waals surface area contributed by atoms with Gasteiger partial charge in [0.1, 0.15) is 11.5 Å². The number of rotatable bonds is 3. The fourth-order valence-electron chi connectivity index (χ4n) is 1.91. The van der Waals surface area contributed by atoms with Gasteiger partial charge in [-0.1, -0.05) is 0 Å². The van der Waals surface area contributed by atoms with Gasteiger partial charge in [0, 0.05) is 18.0 Å². The lowest BCUT2D eigenvalue weighted by molar-refractivity contribution is 0.101. The number of carbonyl (C=O) groups is 1. The van der Waals surface area contributed by atoms with Gasteiger partial charge in [0.2, 0.25) is 0 Å². The SMILES string of the molecule is Cn1ncc(Br)c1C(=O)Nc1nc(-c2ccc(F)cc2)cs1. The Morgan fingerprint density at radius 1 is 1.36 bits per heavy atom. The molecule has 0 unspecified atom stereocenters. The highest BCUT2D eigenvalue weighted by atomic mass is 79.9. The fourth-order valence-corrected chi connectivity index (χ4v) is 3.15. The van der Waals surface area contributed by atoms with Crippen molar-refractivity contribution in [2.75, 3.05) is 5.32 Å². The molecule has 0 spiro atoms.